The van der Waals surface area contributed by atoms with Gasteiger partial charge in [-0.05, 0) is 25.8 Å². The van der Waals surface area contributed by atoms with Gasteiger partial charge in [0.1, 0.15) is 17.0 Å². The molecule has 0 spiro atoms. The summed E-state index contributed by atoms with van der Waals surface area (Å²) in [6.07, 6.45) is 3.55. The number of hydrogen-bond donors (Lipinski definition) is 1. The van der Waals surface area contributed by atoms with Crippen LogP contribution < -0.4 is 10.1 Å². The van der Waals surface area contributed by atoms with Crippen LogP contribution in [0.1, 0.15) is 46.6 Å². The van der Waals surface area contributed by atoms with Crippen molar-refractivity contribution in [3.8, 4) is 5.88 Å². The fourth-order valence-electron chi connectivity index (χ4n) is 3.32. The number of ether oxygens (including phenoxy) is 3. The number of anilines is 1. The summed E-state index contributed by atoms with van der Waals surface area (Å²) in [5.74, 6) is -0.730. The van der Waals surface area contributed by atoms with Gasteiger partial charge in [0.2, 0.25) is 5.88 Å². The van der Waals surface area contributed by atoms with E-state index in [0.717, 1.165) is 17.7 Å². The SMILES string of the molecule is CCOC(=O)C1CCc2sc(NC(=O)c3cnc(OC4CCOC4)c(Cl)c3)nc21. The molecule has 2 aromatic heterocycles. The van der Waals surface area contributed by atoms with Crippen molar-refractivity contribution < 1.29 is 23.8 Å². The number of fused-ring (bicyclic) bond motifs is 1. The van der Waals surface area contributed by atoms with E-state index in [4.69, 9.17) is 25.8 Å². The Balaban J connectivity index is 1.43. The molecule has 2 unspecified atom stereocenters. The molecule has 3 heterocycles. The molecule has 1 amide bonds. The molecular weight excluding hydrogens is 418 g/mol. The molecule has 1 fully saturated rings. The molecule has 2 atom stereocenters. The minimum Gasteiger partial charge on any atom is -0.471 e. The number of halogens is 1. The molecule has 4 rings (SSSR count). The van der Waals surface area contributed by atoms with Gasteiger partial charge >= 0.3 is 5.97 Å². The maximum atomic E-state index is 12.6. The highest BCUT2D eigenvalue weighted by molar-refractivity contribution is 7.16. The van der Waals surface area contributed by atoms with Gasteiger partial charge in [0.05, 0.1) is 31.1 Å². The first-order chi connectivity index (χ1) is 14.0. The van der Waals surface area contributed by atoms with Crippen LogP contribution >= 0.6 is 22.9 Å². The number of thiazole rings is 1. The number of hydrogen-bond acceptors (Lipinski definition) is 8. The van der Waals surface area contributed by atoms with E-state index in [9.17, 15) is 9.59 Å². The van der Waals surface area contributed by atoms with Crippen molar-refractivity contribution >= 4 is 39.9 Å². The van der Waals surface area contributed by atoms with Gasteiger partial charge in [-0.25, -0.2) is 9.97 Å². The minimum absolute atomic E-state index is 0.0790. The van der Waals surface area contributed by atoms with Gasteiger partial charge in [0, 0.05) is 17.5 Å². The van der Waals surface area contributed by atoms with Gasteiger partial charge in [-0.2, -0.15) is 0 Å². The number of carbonyl (C=O) groups excluding carboxylic acids is 2. The van der Waals surface area contributed by atoms with E-state index >= 15 is 0 Å². The highest BCUT2D eigenvalue weighted by atomic mass is 35.5. The highest BCUT2D eigenvalue weighted by Gasteiger charge is 2.34. The van der Waals surface area contributed by atoms with Crippen LogP contribution in [-0.2, 0) is 20.7 Å². The van der Waals surface area contributed by atoms with Crippen LogP contribution in [0.3, 0.4) is 0 Å². The summed E-state index contributed by atoms with van der Waals surface area (Å²) in [5.41, 5.74) is 0.991. The monoisotopic (exact) mass is 437 g/mol. The number of carbonyl (C=O) groups is 2. The first-order valence-electron chi connectivity index (χ1n) is 9.42. The third kappa shape index (κ3) is 4.36. The standard InChI is InChI=1S/C19H20ClN3O5S/c1-2-27-18(25)12-3-4-14-15(12)22-19(29-14)23-16(24)10-7-13(20)17(21-8-10)28-11-5-6-26-9-11/h7-8,11-12H,2-6,9H2,1H3,(H,22,23,24). The van der Waals surface area contributed by atoms with E-state index in [-0.39, 0.29) is 34.8 Å². The summed E-state index contributed by atoms with van der Waals surface area (Å²) in [6.45, 7) is 3.26. The summed E-state index contributed by atoms with van der Waals surface area (Å²) in [6, 6.07) is 1.51. The maximum Gasteiger partial charge on any atom is 0.315 e. The summed E-state index contributed by atoms with van der Waals surface area (Å²) in [4.78, 5) is 34.2. The number of nitrogens with one attached hydrogen (secondary N) is 1. The molecule has 29 heavy (non-hydrogen) atoms. The second-order valence-corrected chi connectivity index (χ2v) is 8.23. The van der Waals surface area contributed by atoms with E-state index in [2.05, 4.69) is 15.3 Å². The third-order valence-electron chi connectivity index (χ3n) is 4.75. The molecule has 0 saturated carbocycles. The zero-order valence-electron chi connectivity index (χ0n) is 15.8. The molecule has 2 aliphatic rings. The van der Waals surface area contributed by atoms with Crippen molar-refractivity contribution in [3.05, 3.63) is 33.4 Å². The molecule has 1 saturated heterocycles. The van der Waals surface area contributed by atoms with Crippen LogP contribution in [0.4, 0.5) is 5.13 Å². The normalized spacial score (nSPS) is 20.3. The van der Waals surface area contributed by atoms with Gasteiger partial charge in [0.25, 0.3) is 5.91 Å². The van der Waals surface area contributed by atoms with E-state index < -0.39 is 0 Å². The zero-order chi connectivity index (χ0) is 20.4. The van der Waals surface area contributed by atoms with Gasteiger partial charge in [0.15, 0.2) is 5.13 Å². The Morgan fingerprint density at radius 3 is 3.00 bits per heavy atom. The Hall–Kier alpha value is -2.23. The van der Waals surface area contributed by atoms with E-state index in [1.54, 1.807) is 6.92 Å². The smallest absolute Gasteiger partial charge is 0.315 e. The lowest BCUT2D eigenvalue weighted by molar-refractivity contribution is -0.145. The predicted molar refractivity (Wildman–Crippen MR) is 107 cm³/mol. The largest absolute Gasteiger partial charge is 0.471 e. The first kappa shape index (κ1) is 20.1. The molecule has 2 aromatic rings. The van der Waals surface area contributed by atoms with E-state index in [1.807, 2.05) is 0 Å². The lowest BCUT2D eigenvalue weighted by Gasteiger charge is -2.12. The average molecular weight is 438 g/mol. The van der Waals surface area contributed by atoms with Crippen LogP contribution in [0.25, 0.3) is 0 Å². The van der Waals surface area contributed by atoms with Gasteiger partial charge in [-0.1, -0.05) is 11.6 Å². The van der Waals surface area contributed by atoms with Crippen LogP contribution in [-0.4, -0.2) is 47.8 Å². The van der Waals surface area contributed by atoms with Crippen molar-refractivity contribution in [3.63, 3.8) is 0 Å². The number of aromatic nitrogens is 2. The van der Waals surface area contributed by atoms with Crippen molar-refractivity contribution in [2.24, 2.45) is 0 Å². The lowest BCUT2D eigenvalue weighted by atomic mass is 10.1. The van der Waals surface area contributed by atoms with E-state index in [0.29, 0.717) is 42.6 Å². The lowest BCUT2D eigenvalue weighted by Crippen LogP contribution is -2.17. The Morgan fingerprint density at radius 2 is 2.28 bits per heavy atom. The van der Waals surface area contributed by atoms with Crippen LogP contribution in [0.15, 0.2) is 12.3 Å². The van der Waals surface area contributed by atoms with Crippen LogP contribution in [0.5, 0.6) is 5.88 Å². The molecule has 10 heteroatoms. The van der Waals surface area contributed by atoms with Crippen molar-refractivity contribution in [1.82, 2.24) is 9.97 Å². The molecular formula is C19H20ClN3O5S. The molecule has 1 N–H and O–H groups in total. The Morgan fingerprint density at radius 1 is 1.41 bits per heavy atom. The number of esters is 1. The highest BCUT2D eigenvalue weighted by Crippen LogP contribution is 2.39. The molecule has 1 aliphatic carbocycles. The third-order valence-corrected chi connectivity index (χ3v) is 6.06. The Bertz CT molecular complexity index is 929. The first-order valence-corrected chi connectivity index (χ1v) is 10.6. The fourth-order valence-corrected chi connectivity index (χ4v) is 4.57. The predicted octanol–water partition coefficient (Wildman–Crippen LogP) is 3.20. The molecule has 8 nitrogen and oxygen atoms in total. The van der Waals surface area contributed by atoms with Gasteiger partial charge < -0.3 is 14.2 Å². The summed E-state index contributed by atoms with van der Waals surface area (Å²) < 4.78 is 16.1. The topological polar surface area (TPSA) is 99.6 Å². The number of aryl methyl sites for hydroxylation is 1. The summed E-state index contributed by atoms with van der Waals surface area (Å²) in [5, 5.41) is 3.45. The van der Waals surface area contributed by atoms with Crippen molar-refractivity contribution in [1.29, 1.82) is 0 Å². The fraction of sp³-hybridized carbons (Fsp3) is 0.474. The number of pyridine rings is 1. The Kier molecular flexibility index (Phi) is 5.98. The molecule has 0 radical (unpaired) electrons. The molecule has 154 valence electrons. The van der Waals surface area contributed by atoms with Crippen molar-refractivity contribution in [2.45, 2.75) is 38.2 Å². The zero-order valence-corrected chi connectivity index (χ0v) is 17.3. The molecule has 0 aromatic carbocycles. The maximum absolute atomic E-state index is 12.6. The average Bonchev–Trinajstić information content (AvgIpc) is 3.41. The molecule has 0 bridgehead atoms. The second kappa shape index (κ2) is 8.64. The van der Waals surface area contributed by atoms with Gasteiger partial charge in [-0.3, -0.25) is 14.9 Å². The van der Waals surface area contributed by atoms with Crippen LogP contribution in [0.2, 0.25) is 5.02 Å². The number of nitrogens with zero attached hydrogens (tertiary/aromatic N) is 2. The van der Waals surface area contributed by atoms with Crippen molar-refractivity contribution in [2.75, 3.05) is 25.1 Å². The van der Waals surface area contributed by atoms with Gasteiger partial charge in [-0.15, -0.1) is 11.3 Å². The minimum atomic E-state index is -0.379. The quantitative estimate of drug-likeness (QED) is 0.692. The summed E-state index contributed by atoms with van der Waals surface area (Å²) >= 11 is 7.60. The number of amides is 1. The Labute approximate surface area is 176 Å². The second-order valence-electron chi connectivity index (χ2n) is 6.74. The number of rotatable bonds is 6. The molecule has 1 aliphatic heterocycles. The van der Waals surface area contributed by atoms with E-state index in [1.165, 1.54) is 23.6 Å². The van der Waals surface area contributed by atoms with Crippen LogP contribution in [0, 0.1) is 0 Å². The summed E-state index contributed by atoms with van der Waals surface area (Å²) in [7, 11) is 0.